The number of esters is 1. The highest BCUT2D eigenvalue weighted by Crippen LogP contribution is 2.44. The van der Waals surface area contributed by atoms with E-state index in [1.807, 2.05) is 58.0 Å². The predicted molar refractivity (Wildman–Crippen MR) is 104 cm³/mol. The van der Waals surface area contributed by atoms with Crippen molar-refractivity contribution in [3.63, 3.8) is 0 Å². The first kappa shape index (κ1) is 20.6. The summed E-state index contributed by atoms with van der Waals surface area (Å²) in [5, 5.41) is 10.7. The molecule has 0 aromatic heterocycles. The van der Waals surface area contributed by atoms with Crippen molar-refractivity contribution in [2.75, 3.05) is 0 Å². The van der Waals surface area contributed by atoms with E-state index in [1.54, 1.807) is 4.90 Å². The van der Waals surface area contributed by atoms with E-state index >= 15 is 0 Å². The molecule has 1 saturated carbocycles. The number of benzene rings is 1. The van der Waals surface area contributed by atoms with Gasteiger partial charge in [0.25, 0.3) is 0 Å². The number of piperidine rings is 2. The second-order valence-corrected chi connectivity index (χ2v) is 8.96. The van der Waals surface area contributed by atoms with Crippen molar-refractivity contribution in [2.45, 2.75) is 77.4 Å². The minimum atomic E-state index is -0.617. The van der Waals surface area contributed by atoms with Crippen molar-refractivity contribution >= 4 is 12.1 Å². The van der Waals surface area contributed by atoms with Crippen LogP contribution in [0.5, 0.6) is 0 Å². The zero-order chi connectivity index (χ0) is 20.5. The van der Waals surface area contributed by atoms with Gasteiger partial charge in [-0.3, -0.25) is 4.79 Å². The first-order valence-corrected chi connectivity index (χ1v) is 10.1. The van der Waals surface area contributed by atoms with E-state index in [0.717, 1.165) is 18.4 Å². The lowest BCUT2D eigenvalue weighted by atomic mass is 9.67. The molecule has 1 aromatic rings. The summed E-state index contributed by atoms with van der Waals surface area (Å²) >= 11 is 0. The topological polar surface area (TPSA) is 76.1 Å². The Hall–Kier alpha value is -2.08. The van der Waals surface area contributed by atoms with Crippen LogP contribution in [0.25, 0.3) is 0 Å². The number of aliphatic hydroxyl groups is 1. The van der Waals surface area contributed by atoms with Gasteiger partial charge in [-0.2, -0.15) is 0 Å². The number of aliphatic hydroxyl groups excluding tert-OH is 1. The molecule has 154 valence electrons. The lowest BCUT2D eigenvalue weighted by Gasteiger charge is -2.56. The second-order valence-electron chi connectivity index (χ2n) is 8.96. The molecule has 4 rings (SSSR count). The predicted octanol–water partition coefficient (Wildman–Crippen LogP) is 3.51. The fourth-order valence-corrected chi connectivity index (χ4v) is 4.48. The van der Waals surface area contributed by atoms with Gasteiger partial charge >= 0.3 is 12.1 Å². The molecule has 3 aliphatic rings. The molecule has 2 bridgehead atoms. The molecule has 6 heteroatoms. The van der Waals surface area contributed by atoms with Crippen molar-refractivity contribution in [1.82, 2.24) is 4.90 Å². The first-order valence-electron chi connectivity index (χ1n) is 10.1. The molecule has 1 aromatic carbocycles. The van der Waals surface area contributed by atoms with E-state index in [1.165, 1.54) is 0 Å². The number of carbonyl (C=O) groups excluding carboxylic acids is 2. The maximum atomic E-state index is 12.9. The van der Waals surface area contributed by atoms with Crippen LogP contribution < -0.4 is 0 Å². The van der Waals surface area contributed by atoms with Crippen molar-refractivity contribution in [3.05, 3.63) is 35.9 Å². The summed E-state index contributed by atoms with van der Waals surface area (Å²) in [5.41, 5.74) is 0.298. The van der Waals surface area contributed by atoms with Crippen LogP contribution in [0.2, 0.25) is 0 Å². The number of rotatable bonds is 4. The van der Waals surface area contributed by atoms with Gasteiger partial charge in [0.1, 0.15) is 12.2 Å². The van der Waals surface area contributed by atoms with Gasteiger partial charge in [-0.15, -0.1) is 0 Å². The summed E-state index contributed by atoms with van der Waals surface area (Å²) in [6.45, 7) is 7.65. The Labute approximate surface area is 166 Å². The fraction of sp³-hybridized carbons (Fsp3) is 0.636. The lowest BCUT2D eigenvalue weighted by molar-refractivity contribution is -0.155. The molecule has 3 fully saturated rings. The number of amides is 1. The average molecular weight is 389 g/mol. The van der Waals surface area contributed by atoms with E-state index in [-0.39, 0.29) is 36.9 Å². The van der Waals surface area contributed by atoms with Crippen LogP contribution in [-0.4, -0.2) is 45.9 Å². The van der Waals surface area contributed by atoms with Gasteiger partial charge in [0, 0.05) is 17.9 Å². The number of nitrogens with zero attached hydrogens (tertiary/aromatic N) is 1. The van der Waals surface area contributed by atoms with Crippen LogP contribution in [-0.2, 0) is 20.9 Å². The van der Waals surface area contributed by atoms with Gasteiger partial charge in [0.2, 0.25) is 0 Å². The summed E-state index contributed by atoms with van der Waals surface area (Å²) in [7, 11) is 0. The van der Waals surface area contributed by atoms with Gasteiger partial charge in [0.15, 0.2) is 0 Å². The molecule has 2 aliphatic heterocycles. The van der Waals surface area contributed by atoms with E-state index < -0.39 is 23.8 Å². The van der Waals surface area contributed by atoms with Crippen LogP contribution in [0.3, 0.4) is 0 Å². The molecule has 1 N–H and O–H groups in total. The zero-order valence-electron chi connectivity index (χ0n) is 17.1. The fourth-order valence-electron chi connectivity index (χ4n) is 4.48. The monoisotopic (exact) mass is 389 g/mol. The maximum absolute atomic E-state index is 12.9. The second kappa shape index (κ2) is 8.11. The third-order valence-electron chi connectivity index (χ3n) is 5.81. The Morgan fingerprint density at radius 1 is 1.18 bits per heavy atom. The number of hydrogen-bond acceptors (Lipinski definition) is 5. The van der Waals surface area contributed by atoms with Gasteiger partial charge in [-0.1, -0.05) is 37.3 Å². The van der Waals surface area contributed by atoms with Crippen molar-refractivity contribution < 1.29 is 24.2 Å². The Balaban J connectivity index is 1.72. The third-order valence-corrected chi connectivity index (χ3v) is 5.81. The van der Waals surface area contributed by atoms with Gasteiger partial charge in [-0.05, 0) is 39.2 Å². The van der Waals surface area contributed by atoms with E-state index in [0.29, 0.717) is 0 Å². The van der Waals surface area contributed by atoms with Crippen LogP contribution in [0, 0.1) is 11.8 Å². The SMILES string of the molecule is CC1[C@@H](O)[C@H]2CC[C@@H]1N(C(=O)OC(C)(C)C)[C@@H]2CC(=O)OCc1ccccc1. The number of fused-ring (bicyclic) bond motifs is 3. The van der Waals surface area contributed by atoms with Crippen molar-refractivity contribution in [1.29, 1.82) is 0 Å². The summed E-state index contributed by atoms with van der Waals surface area (Å²) in [4.78, 5) is 27.1. The Morgan fingerprint density at radius 2 is 1.86 bits per heavy atom. The molecule has 28 heavy (non-hydrogen) atoms. The summed E-state index contributed by atoms with van der Waals surface area (Å²) < 4.78 is 11.0. The highest BCUT2D eigenvalue weighted by atomic mass is 16.6. The van der Waals surface area contributed by atoms with E-state index in [2.05, 4.69) is 0 Å². The Bertz CT molecular complexity index is 699. The molecule has 0 spiro atoms. The Kier molecular flexibility index (Phi) is 5.98. The Morgan fingerprint density at radius 3 is 2.50 bits per heavy atom. The first-order chi connectivity index (χ1) is 13.2. The number of hydrogen-bond donors (Lipinski definition) is 1. The molecule has 1 aliphatic carbocycles. The highest BCUT2D eigenvalue weighted by Gasteiger charge is 2.53. The molecule has 2 saturated heterocycles. The van der Waals surface area contributed by atoms with Crippen LogP contribution >= 0.6 is 0 Å². The summed E-state index contributed by atoms with van der Waals surface area (Å²) in [5.74, 6) is -0.547. The summed E-state index contributed by atoms with van der Waals surface area (Å²) in [6.07, 6.45) is 0.743. The van der Waals surface area contributed by atoms with Crippen LogP contribution in [0.15, 0.2) is 30.3 Å². The number of ether oxygens (including phenoxy) is 2. The van der Waals surface area contributed by atoms with Crippen LogP contribution in [0.1, 0.15) is 52.5 Å². The smallest absolute Gasteiger partial charge is 0.410 e. The van der Waals surface area contributed by atoms with Crippen LogP contribution in [0.4, 0.5) is 4.79 Å². The largest absolute Gasteiger partial charge is 0.461 e. The average Bonchev–Trinajstić information content (AvgIpc) is 2.63. The molecular formula is C22H31NO5. The third kappa shape index (κ3) is 4.49. The van der Waals surface area contributed by atoms with Gasteiger partial charge in [-0.25, -0.2) is 4.79 Å². The zero-order valence-corrected chi connectivity index (χ0v) is 17.1. The van der Waals surface area contributed by atoms with E-state index in [4.69, 9.17) is 9.47 Å². The molecular weight excluding hydrogens is 358 g/mol. The molecule has 0 radical (unpaired) electrons. The minimum absolute atomic E-state index is 0.0390. The van der Waals surface area contributed by atoms with Gasteiger partial charge in [0.05, 0.1) is 18.6 Å². The standard InChI is InChI=1S/C22H31NO5/c1-14-17-11-10-16(20(14)25)18(23(17)21(26)28-22(2,3)4)12-19(24)27-13-15-8-6-5-7-9-15/h5-9,14,16-18,20,25H,10-13H2,1-4H3/t14?,16-,17-,18+,20+/m0/s1. The quantitative estimate of drug-likeness (QED) is 0.798. The summed E-state index contributed by atoms with van der Waals surface area (Å²) in [6, 6.07) is 8.97. The maximum Gasteiger partial charge on any atom is 0.410 e. The van der Waals surface area contributed by atoms with Gasteiger partial charge < -0.3 is 19.5 Å². The number of carbonyl (C=O) groups is 2. The molecule has 1 unspecified atom stereocenters. The van der Waals surface area contributed by atoms with E-state index in [9.17, 15) is 14.7 Å². The minimum Gasteiger partial charge on any atom is -0.461 e. The molecule has 5 atom stereocenters. The lowest BCUT2D eigenvalue weighted by Crippen LogP contribution is -2.66. The molecule has 1 amide bonds. The molecule has 6 nitrogen and oxygen atoms in total. The van der Waals surface area contributed by atoms with Crippen molar-refractivity contribution in [2.24, 2.45) is 11.8 Å². The molecule has 2 heterocycles. The van der Waals surface area contributed by atoms with Crippen molar-refractivity contribution in [3.8, 4) is 0 Å². The highest BCUT2D eigenvalue weighted by molar-refractivity contribution is 5.74. The normalized spacial score (nSPS) is 29.5.